The van der Waals surface area contributed by atoms with Gasteiger partial charge in [0.25, 0.3) is 0 Å². The molecule has 1 spiro atoms. The van der Waals surface area contributed by atoms with Crippen molar-refractivity contribution >= 4 is 0 Å². The summed E-state index contributed by atoms with van der Waals surface area (Å²) in [5.41, 5.74) is 0.421. The molecule has 4 heterocycles. The summed E-state index contributed by atoms with van der Waals surface area (Å²) in [6, 6.07) is 5.87. The first-order valence-electron chi connectivity index (χ1n) is 9.71. The number of ether oxygens (including phenoxy) is 3. The molecule has 26 heavy (non-hydrogen) atoms. The molecule has 0 N–H and O–H groups in total. The Bertz CT molecular complexity index is 599. The van der Waals surface area contributed by atoms with E-state index in [0.717, 1.165) is 37.8 Å². The van der Waals surface area contributed by atoms with Crippen molar-refractivity contribution in [3.05, 3.63) is 30.1 Å². The van der Waals surface area contributed by atoms with Crippen LogP contribution >= 0.6 is 0 Å². The van der Waals surface area contributed by atoms with Crippen molar-refractivity contribution in [2.75, 3.05) is 13.7 Å². The van der Waals surface area contributed by atoms with E-state index in [1.165, 1.54) is 6.42 Å². The number of rotatable bonds is 6. The van der Waals surface area contributed by atoms with E-state index >= 15 is 0 Å². The Morgan fingerprint density at radius 1 is 1.23 bits per heavy atom. The van der Waals surface area contributed by atoms with Gasteiger partial charge in [-0.15, -0.1) is 0 Å². The quantitative estimate of drug-likeness (QED) is 0.568. The van der Waals surface area contributed by atoms with E-state index in [2.05, 4.69) is 4.98 Å². The van der Waals surface area contributed by atoms with Gasteiger partial charge in [0.15, 0.2) is 11.9 Å². The normalized spacial score (nSPS) is 39.4. The van der Waals surface area contributed by atoms with Gasteiger partial charge in [0, 0.05) is 26.3 Å². The van der Waals surface area contributed by atoms with Crippen LogP contribution in [0.2, 0.25) is 0 Å². The minimum Gasteiger partial charge on any atom is -0.375 e. The zero-order chi connectivity index (χ0) is 18.0. The summed E-state index contributed by atoms with van der Waals surface area (Å²) in [7, 11) is 1.70. The Labute approximate surface area is 155 Å². The maximum Gasteiger partial charge on any atom is 0.201 e. The van der Waals surface area contributed by atoms with Gasteiger partial charge in [-0.2, -0.15) is 0 Å². The summed E-state index contributed by atoms with van der Waals surface area (Å²) in [5, 5.41) is 0. The molecule has 4 fully saturated rings. The maximum atomic E-state index is 6.19. The summed E-state index contributed by atoms with van der Waals surface area (Å²) in [4.78, 5) is 16.1. The third-order valence-electron chi connectivity index (χ3n) is 6.22. The molecule has 4 aliphatic rings. The summed E-state index contributed by atoms with van der Waals surface area (Å²) >= 11 is 0. The zero-order valence-corrected chi connectivity index (χ0v) is 15.7. The summed E-state index contributed by atoms with van der Waals surface area (Å²) in [5.74, 6) is -0.0209. The first-order chi connectivity index (χ1) is 12.7. The molecule has 6 heteroatoms. The molecule has 5 atom stereocenters. The molecule has 0 amide bonds. The second-order valence-electron chi connectivity index (χ2n) is 7.87. The van der Waals surface area contributed by atoms with Crippen LogP contribution in [-0.2, 0) is 30.6 Å². The van der Waals surface area contributed by atoms with Crippen molar-refractivity contribution in [3.8, 4) is 0 Å². The zero-order valence-electron chi connectivity index (χ0n) is 15.7. The molecule has 3 aliphatic heterocycles. The van der Waals surface area contributed by atoms with Crippen LogP contribution in [0.4, 0.5) is 0 Å². The molecule has 2 bridgehead atoms. The van der Waals surface area contributed by atoms with Crippen LogP contribution in [0.5, 0.6) is 0 Å². The average molecular weight is 363 g/mol. The van der Waals surface area contributed by atoms with E-state index < -0.39 is 17.7 Å². The molecule has 0 unspecified atom stereocenters. The van der Waals surface area contributed by atoms with Crippen LogP contribution in [0.25, 0.3) is 0 Å². The Morgan fingerprint density at radius 3 is 2.96 bits per heavy atom. The standard InChI is InChI=1S/C20H29NO5/c1-19-11-9-15-6-5-7-16(20(15,26-25-19)18(22-2)24-19)10-13-23-14-17-8-3-4-12-21-17/h3-4,8,12,15-16,18H,5-7,9-11,13-14H2,1-2H3/t15-,16+,18+,19-,20-/m1/s1. The topological polar surface area (TPSA) is 59.0 Å². The minimum absolute atomic E-state index is 0.289. The van der Waals surface area contributed by atoms with E-state index in [-0.39, 0.29) is 5.92 Å². The SMILES string of the molecule is CO[C@H]1O[C@@]2(C)CC[C@H]3CCC[C@@H](CCOCc4ccccn4)[C@]31OO2. The van der Waals surface area contributed by atoms with Gasteiger partial charge in [-0.05, 0) is 56.6 Å². The van der Waals surface area contributed by atoms with Gasteiger partial charge in [0.2, 0.25) is 5.79 Å². The summed E-state index contributed by atoms with van der Waals surface area (Å²) in [6.07, 6.45) is 7.58. The van der Waals surface area contributed by atoms with Crippen LogP contribution < -0.4 is 0 Å². The van der Waals surface area contributed by atoms with Crippen molar-refractivity contribution in [3.63, 3.8) is 0 Å². The number of hydrogen-bond acceptors (Lipinski definition) is 6. The van der Waals surface area contributed by atoms with E-state index in [4.69, 9.17) is 24.0 Å². The van der Waals surface area contributed by atoms with Crippen molar-refractivity contribution < 1.29 is 24.0 Å². The van der Waals surface area contributed by atoms with Crippen LogP contribution in [0.3, 0.4) is 0 Å². The van der Waals surface area contributed by atoms with Crippen LogP contribution in [-0.4, -0.2) is 36.4 Å². The average Bonchev–Trinajstić information content (AvgIpc) is 2.90. The Hall–Kier alpha value is -1.05. The van der Waals surface area contributed by atoms with E-state index in [9.17, 15) is 0 Å². The van der Waals surface area contributed by atoms with Gasteiger partial charge in [-0.3, -0.25) is 4.98 Å². The number of pyridine rings is 1. The second kappa shape index (κ2) is 7.52. The first-order valence-corrected chi connectivity index (χ1v) is 9.71. The van der Waals surface area contributed by atoms with Gasteiger partial charge in [0.05, 0.1) is 12.3 Å². The molecule has 1 aliphatic carbocycles. The molecule has 5 rings (SSSR count). The molecule has 1 aromatic rings. The fourth-order valence-corrected chi connectivity index (χ4v) is 4.85. The van der Waals surface area contributed by atoms with Crippen molar-refractivity contribution in [2.45, 2.75) is 69.7 Å². The molecule has 0 radical (unpaired) electrons. The Balaban J connectivity index is 1.43. The molecular formula is C20H29NO5. The van der Waals surface area contributed by atoms with Gasteiger partial charge < -0.3 is 14.2 Å². The fourth-order valence-electron chi connectivity index (χ4n) is 4.85. The van der Waals surface area contributed by atoms with Gasteiger partial charge in [0.1, 0.15) is 0 Å². The molecule has 1 saturated carbocycles. The highest BCUT2D eigenvalue weighted by Gasteiger charge is 2.63. The lowest BCUT2D eigenvalue weighted by Crippen LogP contribution is -2.63. The second-order valence-corrected chi connectivity index (χ2v) is 7.87. The monoisotopic (exact) mass is 363 g/mol. The van der Waals surface area contributed by atoms with Crippen molar-refractivity contribution in [1.82, 2.24) is 4.98 Å². The highest BCUT2D eigenvalue weighted by molar-refractivity contribution is 5.04. The van der Waals surface area contributed by atoms with E-state index in [0.29, 0.717) is 19.1 Å². The minimum atomic E-state index is -0.705. The largest absolute Gasteiger partial charge is 0.375 e. The third kappa shape index (κ3) is 3.29. The van der Waals surface area contributed by atoms with Crippen molar-refractivity contribution in [1.29, 1.82) is 0 Å². The molecule has 1 aromatic heterocycles. The Morgan fingerprint density at radius 2 is 2.15 bits per heavy atom. The summed E-state index contributed by atoms with van der Waals surface area (Å²) in [6.45, 7) is 3.13. The number of fused-ring (bicyclic) bond motifs is 3. The highest BCUT2D eigenvalue weighted by Crippen LogP contribution is 2.55. The van der Waals surface area contributed by atoms with Crippen molar-refractivity contribution in [2.24, 2.45) is 11.8 Å². The lowest BCUT2D eigenvalue weighted by molar-refractivity contribution is -0.554. The van der Waals surface area contributed by atoms with E-state index in [1.54, 1.807) is 13.3 Å². The number of methoxy groups -OCH3 is 1. The predicted molar refractivity (Wildman–Crippen MR) is 93.8 cm³/mol. The third-order valence-corrected chi connectivity index (χ3v) is 6.22. The van der Waals surface area contributed by atoms with E-state index in [1.807, 2.05) is 25.1 Å². The number of nitrogens with zero attached hydrogens (tertiary/aromatic N) is 1. The molecule has 144 valence electrons. The lowest BCUT2D eigenvalue weighted by Gasteiger charge is -2.53. The number of aromatic nitrogens is 1. The highest BCUT2D eigenvalue weighted by atomic mass is 17.3. The molecule has 6 nitrogen and oxygen atoms in total. The van der Waals surface area contributed by atoms with Gasteiger partial charge >= 0.3 is 0 Å². The van der Waals surface area contributed by atoms with Crippen LogP contribution in [0, 0.1) is 11.8 Å². The fraction of sp³-hybridized carbons (Fsp3) is 0.750. The summed E-state index contributed by atoms with van der Waals surface area (Å²) < 4.78 is 17.8. The molecule has 3 saturated heterocycles. The van der Waals surface area contributed by atoms with Gasteiger partial charge in [-0.1, -0.05) is 12.5 Å². The van der Waals surface area contributed by atoms with Crippen LogP contribution in [0.1, 0.15) is 51.1 Å². The number of hydrogen-bond donors (Lipinski definition) is 0. The first kappa shape index (κ1) is 18.3. The lowest BCUT2D eigenvalue weighted by atomic mass is 9.65. The smallest absolute Gasteiger partial charge is 0.201 e. The Kier molecular flexibility index (Phi) is 5.30. The maximum absolute atomic E-state index is 6.19. The molecule has 0 aromatic carbocycles. The predicted octanol–water partition coefficient (Wildman–Crippen LogP) is 3.60. The van der Waals surface area contributed by atoms with Crippen LogP contribution in [0.15, 0.2) is 24.4 Å². The van der Waals surface area contributed by atoms with Gasteiger partial charge in [-0.25, -0.2) is 9.78 Å². The molecular weight excluding hydrogens is 334 g/mol.